The molecule has 112 valence electrons. The van der Waals surface area contributed by atoms with Crippen LogP contribution in [0.5, 0.6) is 0 Å². The van der Waals surface area contributed by atoms with Gasteiger partial charge in [-0.15, -0.1) is 0 Å². The molecule has 1 aromatic rings. The van der Waals surface area contributed by atoms with Gasteiger partial charge in [-0.2, -0.15) is 4.31 Å². The monoisotopic (exact) mass is 298 g/mol. The largest absolute Gasteiger partial charge is 0.464 e. The van der Waals surface area contributed by atoms with Crippen LogP contribution in [-0.2, 0) is 16.6 Å². The molecule has 0 radical (unpaired) electrons. The second-order valence-corrected chi connectivity index (χ2v) is 7.84. The number of aryl methyl sites for hydroxylation is 1. The smallest absolute Gasteiger partial charge is 0.246 e. The Bertz CT molecular complexity index is 582. The minimum Gasteiger partial charge on any atom is -0.464 e. The number of furan rings is 1. The van der Waals surface area contributed by atoms with E-state index in [0.29, 0.717) is 47.9 Å². The Hall–Kier alpha value is -0.850. The van der Waals surface area contributed by atoms with Gasteiger partial charge in [-0.05, 0) is 38.6 Å². The van der Waals surface area contributed by atoms with Gasteiger partial charge in [0.25, 0.3) is 0 Å². The lowest BCUT2D eigenvalue weighted by Gasteiger charge is -2.16. The Labute approximate surface area is 120 Å². The Morgan fingerprint density at radius 1 is 1.35 bits per heavy atom. The summed E-state index contributed by atoms with van der Waals surface area (Å²) in [5, 5.41) is 2.98. The number of nitrogens with zero attached hydrogens (tertiary/aromatic N) is 1. The van der Waals surface area contributed by atoms with Gasteiger partial charge >= 0.3 is 0 Å². The van der Waals surface area contributed by atoms with Crippen molar-refractivity contribution in [1.29, 1.82) is 0 Å². The molecule has 0 bridgehead atoms. The summed E-state index contributed by atoms with van der Waals surface area (Å²) in [7, 11) is -1.58. The van der Waals surface area contributed by atoms with Crippen molar-refractivity contribution in [3.63, 3.8) is 0 Å². The summed E-state index contributed by atoms with van der Waals surface area (Å²) in [6.07, 6.45) is 3.60. The van der Waals surface area contributed by atoms with Gasteiger partial charge in [0.1, 0.15) is 16.4 Å². The molecule has 5 nitrogen and oxygen atoms in total. The quantitative estimate of drug-likeness (QED) is 0.919. The predicted octanol–water partition coefficient (Wildman–Crippen LogP) is 1.73. The standard InChI is InChI=1S/C14H22N2O3S/c1-10-14(6-13(19-10)7-15-2)20(17,18)16-8-11-4-3-5-12(11)9-16/h6,11-12,15H,3-5,7-9H2,1-2H3. The van der Waals surface area contributed by atoms with Gasteiger partial charge in [0.05, 0.1) is 6.54 Å². The summed E-state index contributed by atoms with van der Waals surface area (Å²) in [4.78, 5) is 0.336. The molecule has 1 saturated carbocycles. The zero-order valence-electron chi connectivity index (χ0n) is 12.1. The van der Waals surface area contributed by atoms with E-state index >= 15 is 0 Å². The van der Waals surface area contributed by atoms with Crippen molar-refractivity contribution in [3.8, 4) is 0 Å². The highest BCUT2D eigenvalue weighted by Crippen LogP contribution is 2.40. The van der Waals surface area contributed by atoms with Crippen LogP contribution in [0.3, 0.4) is 0 Å². The van der Waals surface area contributed by atoms with Gasteiger partial charge < -0.3 is 9.73 Å². The van der Waals surface area contributed by atoms with Crippen molar-refractivity contribution in [2.75, 3.05) is 20.1 Å². The summed E-state index contributed by atoms with van der Waals surface area (Å²) < 4.78 is 32.7. The normalized spacial score (nSPS) is 27.1. The molecule has 1 aliphatic heterocycles. The van der Waals surface area contributed by atoms with Crippen molar-refractivity contribution in [1.82, 2.24) is 9.62 Å². The van der Waals surface area contributed by atoms with Crippen molar-refractivity contribution in [2.24, 2.45) is 11.8 Å². The number of nitrogens with one attached hydrogen (secondary N) is 1. The third kappa shape index (κ3) is 2.29. The van der Waals surface area contributed by atoms with E-state index in [1.807, 2.05) is 7.05 Å². The third-order valence-corrected chi connectivity index (χ3v) is 6.52. The maximum atomic E-state index is 12.7. The second kappa shape index (κ2) is 5.16. The van der Waals surface area contributed by atoms with Crippen LogP contribution in [-0.4, -0.2) is 32.9 Å². The number of hydrogen-bond acceptors (Lipinski definition) is 4. The van der Waals surface area contributed by atoms with Gasteiger partial charge in [-0.3, -0.25) is 0 Å². The molecular formula is C14H22N2O3S. The Balaban J connectivity index is 1.85. The van der Waals surface area contributed by atoms with E-state index in [2.05, 4.69) is 5.32 Å². The summed E-state index contributed by atoms with van der Waals surface area (Å²) in [5.41, 5.74) is 0. The minimum absolute atomic E-state index is 0.336. The molecule has 6 heteroatoms. The molecule has 1 aromatic heterocycles. The molecule has 0 amide bonds. The van der Waals surface area contributed by atoms with Crippen LogP contribution in [0.4, 0.5) is 0 Å². The third-order valence-electron chi connectivity index (χ3n) is 4.58. The number of fused-ring (bicyclic) bond motifs is 1. The van der Waals surface area contributed by atoms with Crippen LogP contribution in [0.25, 0.3) is 0 Å². The highest BCUT2D eigenvalue weighted by Gasteiger charge is 2.42. The zero-order valence-corrected chi connectivity index (χ0v) is 12.9. The van der Waals surface area contributed by atoms with E-state index in [4.69, 9.17) is 4.42 Å². The van der Waals surface area contributed by atoms with Crippen LogP contribution < -0.4 is 5.32 Å². The fourth-order valence-corrected chi connectivity index (χ4v) is 5.31. The van der Waals surface area contributed by atoms with E-state index in [0.717, 1.165) is 0 Å². The number of rotatable bonds is 4. The molecule has 2 atom stereocenters. The molecule has 2 unspecified atom stereocenters. The first-order valence-corrected chi connectivity index (χ1v) is 8.70. The maximum Gasteiger partial charge on any atom is 0.246 e. The molecule has 20 heavy (non-hydrogen) atoms. The molecule has 1 aliphatic carbocycles. The Kier molecular flexibility index (Phi) is 3.64. The molecule has 0 aromatic carbocycles. The number of sulfonamides is 1. The fraction of sp³-hybridized carbons (Fsp3) is 0.714. The fourth-order valence-electron chi connectivity index (χ4n) is 3.57. The van der Waals surface area contributed by atoms with Gasteiger partial charge in [0.15, 0.2) is 0 Å². The highest BCUT2D eigenvalue weighted by molar-refractivity contribution is 7.89. The van der Waals surface area contributed by atoms with Crippen molar-refractivity contribution in [3.05, 3.63) is 17.6 Å². The zero-order chi connectivity index (χ0) is 14.3. The SMILES string of the molecule is CNCc1cc(S(=O)(=O)N2CC3CCCC3C2)c(C)o1. The molecule has 2 heterocycles. The van der Waals surface area contributed by atoms with Gasteiger partial charge in [0, 0.05) is 19.2 Å². The van der Waals surface area contributed by atoms with Crippen LogP contribution in [0.2, 0.25) is 0 Å². The predicted molar refractivity (Wildman–Crippen MR) is 75.8 cm³/mol. The lowest BCUT2D eigenvalue weighted by molar-refractivity contribution is 0.439. The molecule has 1 N–H and O–H groups in total. The lowest BCUT2D eigenvalue weighted by atomic mass is 10.0. The van der Waals surface area contributed by atoms with E-state index in [-0.39, 0.29) is 0 Å². The average Bonchev–Trinajstić information content (AvgIpc) is 3.02. The van der Waals surface area contributed by atoms with Crippen molar-refractivity contribution < 1.29 is 12.8 Å². The summed E-state index contributed by atoms with van der Waals surface area (Å²) in [6.45, 7) is 3.63. The summed E-state index contributed by atoms with van der Waals surface area (Å²) in [6, 6.07) is 1.66. The van der Waals surface area contributed by atoms with Crippen LogP contribution >= 0.6 is 0 Å². The van der Waals surface area contributed by atoms with Gasteiger partial charge in [-0.1, -0.05) is 6.42 Å². The molecule has 3 rings (SSSR count). The van der Waals surface area contributed by atoms with E-state index in [9.17, 15) is 8.42 Å². The first-order chi connectivity index (χ1) is 9.52. The van der Waals surface area contributed by atoms with Crippen molar-refractivity contribution in [2.45, 2.75) is 37.6 Å². The van der Waals surface area contributed by atoms with Crippen molar-refractivity contribution >= 4 is 10.0 Å². The van der Waals surface area contributed by atoms with Crippen LogP contribution in [0, 0.1) is 18.8 Å². The molecule has 2 fully saturated rings. The summed E-state index contributed by atoms with van der Waals surface area (Å²) in [5.74, 6) is 2.29. The molecular weight excluding hydrogens is 276 g/mol. The van der Waals surface area contributed by atoms with Gasteiger partial charge in [0.2, 0.25) is 10.0 Å². The Morgan fingerprint density at radius 3 is 2.60 bits per heavy atom. The highest BCUT2D eigenvalue weighted by atomic mass is 32.2. The lowest BCUT2D eigenvalue weighted by Crippen LogP contribution is -2.29. The van der Waals surface area contributed by atoms with E-state index in [1.165, 1.54) is 19.3 Å². The van der Waals surface area contributed by atoms with E-state index < -0.39 is 10.0 Å². The molecule has 1 saturated heterocycles. The van der Waals surface area contributed by atoms with Crippen LogP contribution in [0.15, 0.2) is 15.4 Å². The summed E-state index contributed by atoms with van der Waals surface area (Å²) >= 11 is 0. The Morgan fingerprint density at radius 2 is 2.00 bits per heavy atom. The average molecular weight is 298 g/mol. The number of hydrogen-bond donors (Lipinski definition) is 1. The topological polar surface area (TPSA) is 62.6 Å². The van der Waals surface area contributed by atoms with Crippen LogP contribution in [0.1, 0.15) is 30.8 Å². The first-order valence-electron chi connectivity index (χ1n) is 7.26. The molecule has 0 spiro atoms. The maximum absolute atomic E-state index is 12.7. The van der Waals surface area contributed by atoms with E-state index in [1.54, 1.807) is 17.3 Å². The minimum atomic E-state index is -3.40. The second-order valence-electron chi connectivity index (χ2n) is 5.94. The van der Waals surface area contributed by atoms with Gasteiger partial charge in [-0.25, -0.2) is 8.42 Å². The molecule has 2 aliphatic rings. The first kappa shape index (κ1) is 14.1.